The SMILES string of the molecule is O=S(=O)(Cc1ccccc1F)c1ccc(Oc2cccc(-c3c(Cc4ccccc4)cnc4c(C(F)(F)F)cccc34)c2)cc1. The number of nitrogens with zero attached hydrogens (tertiary/aromatic N) is 1. The summed E-state index contributed by atoms with van der Waals surface area (Å²) in [7, 11) is -3.82. The average Bonchev–Trinajstić information content (AvgIpc) is 3.02. The highest BCUT2D eigenvalue weighted by atomic mass is 32.2. The number of halogens is 4. The van der Waals surface area contributed by atoms with Gasteiger partial charge in [0.25, 0.3) is 0 Å². The molecule has 0 aliphatic heterocycles. The molecule has 0 saturated carbocycles. The molecule has 0 radical (unpaired) electrons. The van der Waals surface area contributed by atoms with Crippen LogP contribution in [0.2, 0.25) is 0 Å². The third-order valence-electron chi connectivity index (χ3n) is 7.36. The van der Waals surface area contributed by atoms with Crippen molar-refractivity contribution in [1.29, 1.82) is 0 Å². The number of para-hydroxylation sites is 1. The molecule has 6 aromatic rings. The minimum Gasteiger partial charge on any atom is -0.457 e. The van der Waals surface area contributed by atoms with E-state index in [-0.39, 0.29) is 16.0 Å². The van der Waals surface area contributed by atoms with Crippen molar-refractivity contribution < 1.29 is 30.7 Å². The second kappa shape index (κ2) is 12.2. The van der Waals surface area contributed by atoms with Crippen LogP contribution in [0.25, 0.3) is 22.0 Å². The summed E-state index contributed by atoms with van der Waals surface area (Å²) in [5.74, 6) is -0.328. The van der Waals surface area contributed by atoms with Crippen LogP contribution in [0.4, 0.5) is 17.6 Å². The van der Waals surface area contributed by atoms with Gasteiger partial charge in [-0.15, -0.1) is 0 Å². The molecule has 0 N–H and O–H groups in total. The number of hydrogen-bond donors (Lipinski definition) is 0. The highest BCUT2D eigenvalue weighted by Gasteiger charge is 2.33. The molecule has 0 fully saturated rings. The van der Waals surface area contributed by atoms with Crippen molar-refractivity contribution in [2.24, 2.45) is 0 Å². The van der Waals surface area contributed by atoms with E-state index in [2.05, 4.69) is 4.98 Å². The molecule has 1 heterocycles. The van der Waals surface area contributed by atoms with Crippen LogP contribution in [0.1, 0.15) is 22.3 Å². The summed E-state index contributed by atoms with van der Waals surface area (Å²) in [6, 6.07) is 32.1. The number of pyridine rings is 1. The summed E-state index contributed by atoms with van der Waals surface area (Å²) in [5.41, 5.74) is 2.08. The lowest BCUT2D eigenvalue weighted by atomic mass is 9.92. The van der Waals surface area contributed by atoms with Crippen molar-refractivity contribution in [1.82, 2.24) is 4.98 Å². The molecule has 0 saturated heterocycles. The van der Waals surface area contributed by atoms with Gasteiger partial charge in [-0.3, -0.25) is 4.98 Å². The Morgan fingerprint density at radius 2 is 1.42 bits per heavy atom. The summed E-state index contributed by atoms with van der Waals surface area (Å²) in [4.78, 5) is 4.27. The van der Waals surface area contributed by atoms with Gasteiger partial charge in [-0.2, -0.15) is 13.2 Å². The number of rotatable bonds is 8. The molecular weight excluding hydrogens is 602 g/mol. The van der Waals surface area contributed by atoms with Crippen LogP contribution in [-0.2, 0) is 28.2 Å². The first-order chi connectivity index (χ1) is 21.6. The number of benzene rings is 5. The van der Waals surface area contributed by atoms with Crippen LogP contribution in [0.15, 0.2) is 132 Å². The third-order valence-corrected chi connectivity index (χ3v) is 9.04. The Morgan fingerprint density at radius 1 is 0.711 bits per heavy atom. The zero-order chi connectivity index (χ0) is 31.6. The van der Waals surface area contributed by atoms with E-state index in [0.29, 0.717) is 34.4 Å². The Balaban J connectivity index is 1.34. The van der Waals surface area contributed by atoms with Crippen molar-refractivity contribution in [3.8, 4) is 22.6 Å². The van der Waals surface area contributed by atoms with Gasteiger partial charge in [0, 0.05) is 17.1 Å². The lowest BCUT2D eigenvalue weighted by molar-refractivity contribution is -0.136. The van der Waals surface area contributed by atoms with Gasteiger partial charge in [0.05, 0.1) is 21.7 Å². The largest absolute Gasteiger partial charge is 0.457 e. The van der Waals surface area contributed by atoms with Crippen molar-refractivity contribution in [3.63, 3.8) is 0 Å². The summed E-state index contributed by atoms with van der Waals surface area (Å²) in [6.07, 6.45) is -2.64. The third kappa shape index (κ3) is 6.58. The van der Waals surface area contributed by atoms with E-state index in [0.717, 1.165) is 17.2 Å². The first kappa shape index (κ1) is 30.0. The molecule has 5 aromatic carbocycles. The summed E-state index contributed by atoms with van der Waals surface area (Å²) in [5, 5.41) is 0.361. The van der Waals surface area contributed by atoms with Crippen LogP contribution in [0, 0.1) is 5.82 Å². The van der Waals surface area contributed by atoms with Gasteiger partial charge in [0.1, 0.15) is 17.3 Å². The minimum atomic E-state index is -4.58. The highest BCUT2D eigenvalue weighted by Crippen LogP contribution is 2.40. The van der Waals surface area contributed by atoms with Crippen molar-refractivity contribution in [2.75, 3.05) is 0 Å². The summed E-state index contributed by atoms with van der Waals surface area (Å²) < 4.78 is 87.7. The van der Waals surface area contributed by atoms with Crippen molar-refractivity contribution >= 4 is 20.7 Å². The Bertz CT molecular complexity index is 2100. The first-order valence-electron chi connectivity index (χ1n) is 13.9. The maximum atomic E-state index is 14.1. The second-order valence-corrected chi connectivity index (χ2v) is 12.5. The van der Waals surface area contributed by atoms with Crippen LogP contribution < -0.4 is 4.74 Å². The van der Waals surface area contributed by atoms with E-state index in [1.807, 2.05) is 30.3 Å². The number of fused-ring (bicyclic) bond motifs is 1. The average molecular weight is 628 g/mol. The Kier molecular flexibility index (Phi) is 8.12. The molecule has 0 amide bonds. The quantitative estimate of drug-likeness (QED) is 0.158. The van der Waals surface area contributed by atoms with Crippen LogP contribution in [0.5, 0.6) is 11.5 Å². The predicted molar refractivity (Wildman–Crippen MR) is 165 cm³/mol. The fourth-order valence-electron chi connectivity index (χ4n) is 5.25. The minimum absolute atomic E-state index is 0.0149. The molecule has 6 rings (SSSR count). The molecule has 1 aromatic heterocycles. The lowest BCUT2D eigenvalue weighted by Crippen LogP contribution is -2.07. The molecule has 4 nitrogen and oxygen atoms in total. The Hall–Kier alpha value is -5.02. The zero-order valence-corrected chi connectivity index (χ0v) is 24.4. The maximum absolute atomic E-state index is 14.1. The van der Waals surface area contributed by atoms with Crippen LogP contribution in [0.3, 0.4) is 0 Å². The van der Waals surface area contributed by atoms with E-state index >= 15 is 0 Å². The molecule has 226 valence electrons. The van der Waals surface area contributed by atoms with Gasteiger partial charge in [-0.1, -0.05) is 72.8 Å². The number of aromatic nitrogens is 1. The number of hydrogen-bond acceptors (Lipinski definition) is 4. The van der Waals surface area contributed by atoms with E-state index < -0.39 is 33.1 Å². The van der Waals surface area contributed by atoms with E-state index in [1.54, 1.807) is 36.4 Å². The predicted octanol–water partition coefficient (Wildman–Crippen LogP) is 9.42. The zero-order valence-electron chi connectivity index (χ0n) is 23.6. The second-order valence-electron chi connectivity index (χ2n) is 10.5. The molecule has 0 aliphatic rings. The van der Waals surface area contributed by atoms with E-state index in [4.69, 9.17) is 4.74 Å². The van der Waals surface area contributed by atoms with Crippen molar-refractivity contribution in [3.05, 3.63) is 156 Å². The maximum Gasteiger partial charge on any atom is 0.418 e. The molecule has 0 unspecified atom stereocenters. The van der Waals surface area contributed by atoms with Gasteiger partial charge in [0.2, 0.25) is 0 Å². The van der Waals surface area contributed by atoms with Gasteiger partial charge >= 0.3 is 6.18 Å². The Labute approximate surface area is 257 Å². The van der Waals surface area contributed by atoms with Gasteiger partial charge in [-0.05, 0) is 77.2 Å². The number of sulfone groups is 1. The van der Waals surface area contributed by atoms with Crippen LogP contribution >= 0.6 is 0 Å². The van der Waals surface area contributed by atoms with Crippen LogP contribution in [-0.4, -0.2) is 13.4 Å². The fourth-order valence-corrected chi connectivity index (χ4v) is 6.61. The molecule has 0 spiro atoms. The molecular formula is C36H25F4NO3S. The summed E-state index contributed by atoms with van der Waals surface area (Å²) in [6.45, 7) is 0. The smallest absolute Gasteiger partial charge is 0.418 e. The monoisotopic (exact) mass is 627 g/mol. The molecule has 45 heavy (non-hydrogen) atoms. The molecule has 0 bridgehead atoms. The topological polar surface area (TPSA) is 56.3 Å². The lowest BCUT2D eigenvalue weighted by Gasteiger charge is -2.17. The van der Waals surface area contributed by atoms with Crippen molar-refractivity contribution in [2.45, 2.75) is 23.2 Å². The van der Waals surface area contributed by atoms with Gasteiger partial charge in [0.15, 0.2) is 9.84 Å². The fraction of sp³-hybridized carbons (Fsp3) is 0.0833. The standard InChI is InChI=1S/C36H25F4NO3S/c37-33-15-5-4-10-26(33)23-45(42,43)30-18-16-28(17-19-30)44-29-12-6-11-25(21-29)34-27(20-24-8-2-1-3-9-24)22-41-35-31(34)13-7-14-32(35)36(38,39)40/h1-19,21-22H,20,23H2. The molecule has 9 heteroatoms. The van der Waals surface area contributed by atoms with Gasteiger partial charge in [-0.25, -0.2) is 12.8 Å². The van der Waals surface area contributed by atoms with E-state index in [1.165, 1.54) is 54.7 Å². The Morgan fingerprint density at radius 3 is 2.16 bits per heavy atom. The number of alkyl halides is 3. The molecule has 0 aliphatic carbocycles. The molecule has 0 atom stereocenters. The first-order valence-corrected chi connectivity index (χ1v) is 15.6. The summed E-state index contributed by atoms with van der Waals surface area (Å²) >= 11 is 0. The number of ether oxygens (including phenoxy) is 1. The van der Waals surface area contributed by atoms with Gasteiger partial charge < -0.3 is 4.74 Å². The highest BCUT2D eigenvalue weighted by molar-refractivity contribution is 7.90. The normalized spacial score (nSPS) is 11.9. The van der Waals surface area contributed by atoms with E-state index in [9.17, 15) is 26.0 Å².